The lowest BCUT2D eigenvalue weighted by Crippen LogP contribution is -1.82. The van der Waals surface area contributed by atoms with Crippen molar-refractivity contribution >= 4 is 16.7 Å². The van der Waals surface area contributed by atoms with Crippen LogP contribution in [0.25, 0.3) is 16.7 Å². The van der Waals surface area contributed by atoms with Gasteiger partial charge in [-0.1, -0.05) is 6.08 Å². The molecule has 0 unspecified atom stereocenters. The Labute approximate surface area is 85.9 Å². The van der Waals surface area contributed by atoms with Crippen LogP contribution in [0.2, 0.25) is 0 Å². The van der Waals surface area contributed by atoms with Crippen molar-refractivity contribution in [2.75, 3.05) is 0 Å². The fraction of sp³-hybridized carbons (Fsp3) is 0.300. The lowest BCUT2D eigenvalue weighted by Gasteiger charge is -1.93. The van der Waals surface area contributed by atoms with Gasteiger partial charge in [0.05, 0.1) is 0 Å². The number of nitrogens with one attached hydrogen (secondary N) is 1. The molecule has 0 radical (unpaired) electrons. The Bertz CT molecular complexity index is 543. The SMILES string of the molecule is Oc1ncnc2nc(C3=CCCC3)[nH]c12. The van der Waals surface area contributed by atoms with Gasteiger partial charge in [-0.05, 0) is 24.8 Å². The largest absolute Gasteiger partial charge is 0.492 e. The van der Waals surface area contributed by atoms with Crippen LogP contribution in [0.1, 0.15) is 25.1 Å². The number of hydrogen-bond donors (Lipinski definition) is 2. The number of fused-ring (bicyclic) bond motifs is 1. The van der Waals surface area contributed by atoms with Crippen molar-refractivity contribution in [1.29, 1.82) is 0 Å². The number of aromatic amines is 1. The first-order valence-corrected chi connectivity index (χ1v) is 4.93. The molecule has 0 saturated carbocycles. The van der Waals surface area contributed by atoms with Gasteiger partial charge in [-0.2, -0.15) is 4.98 Å². The van der Waals surface area contributed by atoms with Gasteiger partial charge in [0.2, 0.25) is 5.88 Å². The Morgan fingerprint density at radius 2 is 2.27 bits per heavy atom. The molecule has 0 aliphatic heterocycles. The molecule has 0 atom stereocenters. The Morgan fingerprint density at radius 3 is 3.00 bits per heavy atom. The van der Waals surface area contributed by atoms with Gasteiger partial charge in [-0.15, -0.1) is 0 Å². The van der Waals surface area contributed by atoms with Crippen LogP contribution < -0.4 is 0 Å². The lowest BCUT2D eigenvalue weighted by atomic mass is 10.2. The van der Waals surface area contributed by atoms with Crippen molar-refractivity contribution in [1.82, 2.24) is 19.9 Å². The molecule has 0 amide bonds. The Morgan fingerprint density at radius 1 is 1.33 bits per heavy atom. The van der Waals surface area contributed by atoms with Crippen molar-refractivity contribution in [2.24, 2.45) is 0 Å². The number of rotatable bonds is 1. The highest BCUT2D eigenvalue weighted by molar-refractivity contribution is 5.79. The van der Waals surface area contributed by atoms with Gasteiger partial charge < -0.3 is 10.1 Å². The topological polar surface area (TPSA) is 74.7 Å². The van der Waals surface area contributed by atoms with Crippen molar-refractivity contribution in [3.05, 3.63) is 18.2 Å². The maximum absolute atomic E-state index is 9.49. The van der Waals surface area contributed by atoms with Crippen LogP contribution in [0.4, 0.5) is 0 Å². The molecule has 1 aliphatic rings. The zero-order chi connectivity index (χ0) is 10.3. The highest BCUT2D eigenvalue weighted by Gasteiger charge is 2.13. The van der Waals surface area contributed by atoms with Crippen LogP contribution in [-0.2, 0) is 0 Å². The summed E-state index contributed by atoms with van der Waals surface area (Å²) in [6.45, 7) is 0. The molecule has 2 N–H and O–H groups in total. The summed E-state index contributed by atoms with van der Waals surface area (Å²) in [6.07, 6.45) is 6.79. The molecule has 15 heavy (non-hydrogen) atoms. The van der Waals surface area contributed by atoms with Crippen LogP contribution in [0.15, 0.2) is 12.4 Å². The molecular formula is C10H10N4O. The molecule has 0 spiro atoms. The first-order valence-electron chi connectivity index (χ1n) is 4.93. The van der Waals surface area contributed by atoms with E-state index in [-0.39, 0.29) is 5.88 Å². The molecule has 76 valence electrons. The number of allylic oxidation sites excluding steroid dienone is 2. The second-order valence-electron chi connectivity index (χ2n) is 3.60. The lowest BCUT2D eigenvalue weighted by molar-refractivity contribution is 0.458. The van der Waals surface area contributed by atoms with E-state index >= 15 is 0 Å². The number of hydrogen-bond acceptors (Lipinski definition) is 4. The van der Waals surface area contributed by atoms with E-state index in [1.54, 1.807) is 0 Å². The zero-order valence-electron chi connectivity index (χ0n) is 8.06. The number of aromatic nitrogens is 4. The smallest absolute Gasteiger partial charge is 0.240 e. The van der Waals surface area contributed by atoms with Crippen LogP contribution in [0.5, 0.6) is 5.88 Å². The van der Waals surface area contributed by atoms with E-state index in [9.17, 15) is 5.11 Å². The van der Waals surface area contributed by atoms with E-state index in [1.165, 1.54) is 18.3 Å². The summed E-state index contributed by atoms with van der Waals surface area (Å²) in [5.74, 6) is 0.760. The normalized spacial score (nSPS) is 15.9. The Balaban J connectivity index is 2.18. The number of nitrogens with zero attached hydrogens (tertiary/aromatic N) is 3. The van der Waals surface area contributed by atoms with E-state index < -0.39 is 0 Å². The highest BCUT2D eigenvalue weighted by Crippen LogP contribution is 2.28. The molecule has 5 heteroatoms. The fourth-order valence-electron chi connectivity index (χ4n) is 1.85. The fourth-order valence-corrected chi connectivity index (χ4v) is 1.85. The summed E-state index contributed by atoms with van der Waals surface area (Å²) in [5, 5.41) is 9.49. The van der Waals surface area contributed by atoms with Gasteiger partial charge in [-0.25, -0.2) is 9.97 Å². The van der Waals surface area contributed by atoms with Crippen molar-refractivity contribution in [2.45, 2.75) is 19.3 Å². The number of H-pyrrole nitrogens is 1. The average molecular weight is 202 g/mol. The van der Waals surface area contributed by atoms with Crippen LogP contribution in [0, 0.1) is 0 Å². The molecule has 0 aromatic carbocycles. The third-order valence-corrected chi connectivity index (χ3v) is 2.61. The van der Waals surface area contributed by atoms with E-state index in [2.05, 4.69) is 26.0 Å². The van der Waals surface area contributed by atoms with Gasteiger partial charge in [0, 0.05) is 0 Å². The molecule has 2 aromatic heterocycles. The molecule has 0 saturated heterocycles. The predicted molar refractivity (Wildman–Crippen MR) is 55.2 cm³/mol. The molecule has 2 aromatic rings. The molecule has 3 rings (SSSR count). The minimum atomic E-state index is -0.0441. The van der Waals surface area contributed by atoms with Crippen LogP contribution in [0.3, 0.4) is 0 Å². The maximum Gasteiger partial charge on any atom is 0.240 e. The second-order valence-corrected chi connectivity index (χ2v) is 3.60. The summed E-state index contributed by atoms with van der Waals surface area (Å²) in [4.78, 5) is 15.1. The van der Waals surface area contributed by atoms with Crippen molar-refractivity contribution in [3.63, 3.8) is 0 Å². The summed E-state index contributed by atoms with van der Waals surface area (Å²) in [7, 11) is 0. The summed E-state index contributed by atoms with van der Waals surface area (Å²) < 4.78 is 0. The summed E-state index contributed by atoms with van der Waals surface area (Å²) in [6, 6.07) is 0. The van der Waals surface area contributed by atoms with Crippen molar-refractivity contribution in [3.8, 4) is 5.88 Å². The van der Waals surface area contributed by atoms with Gasteiger partial charge in [0.1, 0.15) is 17.7 Å². The van der Waals surface area contributed by atoms with E-state index in [1.807, 2.05) is 0 Å². The third kappa shape index (κ3) is 1.27. The molecule has 0 bridgehead atoms. The quantitative estimate of drug-likeness (QED) is 0.736. The number of aromatic hydroxyl groups is 1. The third-order valence-electron chi connectivity index (χ3n) is 2.61. The minimum Gasteiger partial charge on any atom is -0.492 e. The van der Waals surface area contributed by atoms with E-state index in [0.29, 0.717) is 11.2 Å². The number of imidazole rings is 1. The van der Waals surface area contributed by atoms with Crippen LogP contribution in [-0.4, -0.2) is 25.0 Å². The molecular weight excluding hydrogens is 192 g/mol. The average Bonchev–Trinajstić information content (AvgIpc) is 2.86. The maximum atomic E-state index is 9.49. The Kier molecular flexibility index (Phi) is 1.71. The summed E-state index contributed by atoms with van der Waals surface area (Å²) in [5.41, 5.74) is 2.23. The highest BCUT2D eigenvalue weighted by atomic mass is 16.3. The predicted octanol–water partition coefficient (Wildman–Crippen LogP) is 1.63. The Hall–Kier alpha value is -1.91. The summed E-state index contributed by atoms with van der Waals surface area (Å²) >= 11 is 0. The monoisotopic (exact) mass is 202 g/mol. The van der Waals surface area contributed by atoms with Crippen LogP contribution >= 0.6 is 0 Å². The van der Waals surface area contributed by atoms with Crippen molar-refractivity contribution < 1.29 is 5.11 Å². The van der Waals surface area contributed by atoms with E-state index in [4.69, 9.17) is 0 Å². The van der Waals surface area contributed by atoms with E-state index in [0.717, 1.165) is 18.7 Å². The molecule has 1 aliphatic carbocycles. The van der Waals surface area contributed by atoms with Gasteiger partial charge in [0.25, 0.3) is 0 Å². The van der Waals surface area contributed by atoms with Gasteiger partial charge >= 0.3 is 0 Å². The first-order chi connectivity index (χ1) is 7.34. The first kappa shape index (κ1) is 8.40. The molecule has 0 fully saturated rings. The zero-order valence-corrected chi connectivity index (χ0v) is 8.06. The minimum absolute atomic E-state index is 0.0441. The molecule has 5 nitrogen and oxygen atoms in total. The van der Waals surface area contributed by atoms with Gasteiger partial charge in [0.15, 0.2) is 5.65 Å². The van der Waals surface area contributed by atoms with Gasteiger partial charge in [-0.3, -0.25) is 0 Å². The standard InChI is InChI=1S/C10H10N4O/c15-10-7-9(11-5-12-10)14-8(13-7)6-3-1-2-4-6/h3,5H,1-2,4H2,(H2,11,12,13,14,15). The molecule has 2 heterocycles. The second kappa shape index (κ2) is 3.05.